The van der Waals surface area contributed by atoms with Crippen LogP contribution < -0.4 is 0 Å². The summed E-state index contributed by atoms with van der Waals surface area (Å²) >= 11 is 1.63. The van der Waals surface area contributed by atoms with E-state index in [1.165, 1.54) is 31.2 Å². The standard InChI is InChI=1S/C13H15NS/c1-2-3-4-5-7-12-9-11-15-13(12)8-6-10-14/h9,11H,2-5,7H2,1H3. The van der Waals surface area contributed by atoms with Crippen LogP contribution in [-0.2, 0) is 6.42 Å². The predicted molar refractivity (Wildman–Crippen MR) is 64.7 cm³/mol. The zero-order valence-electron chi connectivity index (χ0n) is 9.05. The van der Waals surface area contributed by atoms with Gasteiger partial charge in [-0.3, -0.25) is 0 Å². The molecule has 15 heavy (non-hydrogen) atoms. The molecule has 0 bridgehead atoms. The smallest absolute Gasteiger partial charge is 0.152 e. The fraction of sp³-hybridized carbons (Fsp3) is 0.462. The molecule has 1 aromatic heterocycles. The van der Waals surface area contributed by atoms with E-state index in [0.29, 0.717) is 0 Å². The van der Waals surface area contributed by atoms with Crippen molar-refractivity contribution in [2.75, 3.05) is 0 Å². The number of rotatable bonds is 5. The summed E-state index contributed by atoms with van der Waals surface area (Å²) in [6.45, 7) is 2.22. The van der Waals surface area contributed by atoms with Crippen molar-refractivity contribution in [1.82, 2.24) is 0 Å². The van der Waals surface area contributed by atoms with Crippen LogP contribution in [0.5, 0.6) is 0 Å². The Morgan fingerprint density at radius 2 is 2.20 bits per heavy atom. The zero-order chi connectivity index (χ0) is 10.9. The van der Waals surface area contributed by atoms with E-state index in [9.17, 15) is 0 Å². The molecule has 1 aromatic rings. The second kappa shape index (κ2) is 7.10. The quantitative estimate of drug-likeness (QED) is 0.544. The second-order valence-electron chi connectivity index (χ2n) is 3.45. The maximum absolute atomic E-state index is 8.38. The number of nitriles is 1. The first-order chi connectivity index (χ1) is 7.38. The van der Waals surface area contributed by atoms with E-state index in [0.717, 1.165) is 11.3 Å². The largest absolute Gasteiger partial charge is 0.183 e. The lowest BCUT2D eigenvalue weighted by atomic mass is 10.1. The third-order valence-corrected chi connectivity index (χ3v) is 3.15. The van der Waals surface area contributed by atoms with Crippen molar-refractivity contribution in [1.29, 1.82) is 5.26 Å². The highest BCUT2D eigenvalue weighted by Crippen LogP contribution is 2.18. The minimum absolute atomic E-state index is 1.06. The molecule has 0 N–H and O–H groups in total. The van der Waals surface area contributed by atoms with Crippen molar-refractivity contribution < 1.29 is 0 Å². The van der Waals surface area contributed by atoms with Gasteiger partial charge < -0.3 is 0 Å². The van der Waals surface area contributed by atoms with Gasteiger partial charge in [0, 0.05) is 5.92 Å². The molecule has 0 spiro atoms. The van der Waals surface area contributed by atoms with Gasteiger partial charge in [-0.15, -0.1) is 11.3 Å². The van der Waals surface area contributed by atoms with E-state index in [2.05, 4.69) is 30.2 Å². The molecule has 1 heterocycles. The molecule has 0 amide bonds. The van der Waals surface area contributed by atoms with Gasteiger partial charge in [0.15, 0.2) is 6.07 Å². The lowest BCUT2D eigenvalue weighted by Crippen LogP contribution is -1.85. The summed E-state index contributed by atoms with van der Waals surface area (Å²) < 4.78 is 0. The van der Waals surface area contributed by atoms with E-state index in [1.807, 2.05) is 6.07 Å². The Hall–Kier alpha value is -1.25. The molecule has 2 heteroatoms. The minimum atomic E-state index is 1.06. The first kappa shape index (κ1) is 11.8. The highest BCUT2D eigenvalue weighted by molar-refractivity contribution is 7.10. The summed E-state index contributed by atoms with van der Waals surface area (Å²) in [6, 6.07) is 3.98. The van der Waals surface area contributed by atoms with Crippen LogP contribution in [-0.4, -0.2) is 0 Å². The number of unbranched alkanes of at least 4 members (excludes halogenated alkanes) is 3. The summed E-state index contributed by atoms with van der Waals surface area (Å²) in [5.41, 5.74) is 1.30. The highest BCUT2D eigenvalue weighted by Gasteiger charge is 2.00. The molecule has 1 rings (SSSR count). The summed E-state index contributed by atoms with van der Waals surface area (Å²) in [5.74, 6) is 5.35. The Bertz CT molecular complexity index is 387. The minimum Gasteiger partial charge on any atom is -0.183 e. The first-order valence-electron chi connectivity index (χ1n) is 5.35. The van der Waals surface area contributed by atoms with Crippen molar-refractivity contribution in [2.45, 2.75) is 39.0 Å². The lowest BCUT2D eigenvalue weighted by Gasteiger charge is -1.98. The topological polar surface area (TPSA) is 23.8 Å². The molecular formula is C13H15NS. The maximum atomic E-state index is 8.38. The Kier molecular flexibility index (Phi) is 5.59. The average molecular weight is 217 g/mol. The molecule has 0 aliphatic carbocycles. The van der Waals surface area contributed by atoms with Crippen molar-refractivity contribution >= 4 is 11.3 Å². The van der Waals surface area contributed by atoms with E-state index in [-0.39, 0.29) is 0 Å². The Morgan fingerprint density at radius 1 is 1.33 bits per heavy atom. The molecule has 0 aromatic carbocycles. The summed E-state index contributed by atoms with van der Waals surface area (Å²) in [7, 11) is 0. The molecular weight excluding hydrogens is 202 g/mol. The van der Waals surface area contributed by atoms with Gasteiger partial charge in [-0.1, -0.05) is 26.2 Å². The number of hydrogen-bond donors (Lipinski definition) is 0. The third kappa shape index (κ3) is 4.19. The Labute approximate surface area is 95.7 Å². The van der Waals surface area contributed by atoms with E-state index >= 15 is 0 Å². The van der Waals surface area contributed by atoms with Crippen molar-refractivity contribution in [3.63, 3.8) is 0 Å². The second-order valence-corrected chi connectivity index (χ2v) is 4.36. The molecule has 0 aliphatic rings. The molecule has 0 saturated carbocycles. The fourth-order valence-corrected chi connectivity index (χ4v) is 2.27. The lowest BCUT2D eigenvalue weighted by molar-refractivity contribution is 0.667. The monoisotopic (exact) mass is 217 g/mol. The van der Waals surface area contributed by atoms with Gasteiger partial charge in [-0.25, -0.2) is 0 Å². The summed E-state index contributed by atoms with van der Waals surface area (Å²) in [5, 5.41) is 10.4. The van der Waals surface area contributed by atoms with Crippen molar-refractivity contribution in [3.8, 4) is 17.9 Å². The zero-order valence-corrected chi connectivity index (χ0v) is 9.86. The van der Waals surface area contributed by atoms with Gasteiger partial charge in [0.1, 0.15) is 0 Å². The molecule has 0 saturated heterocycles. The van der Waals surface area contributed by atoms with E-state index in [4.69, 9.17) is 5.26 Å². The predicted octanol–water partition coefficient (Wildman–Crippen LogP) is 3.75. The van der Waals surface area contributed by atoms with Gasteiger partial charge in [-0.2, -0.15) is 5.26 Å². The summed E-state index contributed by atoms with van der Waals surface area (Å²) in [6.07, 6.45) is 6.19. The van der Waals surface area contributed by atoms with Gasteiger partial charge in [0.25, 0.3) is 0 Å². The van der Waals surface area contributed by atoms with Crippen LogP contribution in [0.2, 0.25) is 0 Å². The molecule has 0 unspecified atom stereocenters. The van der Waals surface area contributed by atoms with Crippen LogP contribution >= 0.6 is 11.3 Å². The van der Waals surface area contributed by atoms with Crippen molar-refractivity contribution in [3.05, 3.63) is 21.9 Å². The van der Waals surface area contributed by atoms with Crippen LogP contribution in [0, 0.1) is 23.2 Å². The number of nitrogens with zero attached hydrogens (tertiary/aromatic N) is 1. The van der Waals surface area contributed by atoms with E-state index in [1.54, 1.807) is 11.3 Å². The van der Waals surface area contributed by atoms with Crippen molar-refractivity contribution in [2.24, 2.45) is 0 Å². The van der Waals surface area contributed by atoms with Gasteiger partial charge in [-0.05, 0) is 35.8 Å². The molecule has 0 atom stereocenters. The van der Waals surface area contributed by atoms with Crippen LogP contribution in [0.3, 0.4) is 0 Å². The SMILES string of the molecule is CCCCCCc1ccsc1C#CC#N. The fourth-order valence-electron chi connectivity index (χ4n) is 1.47. The molecule has 78 valence electrons. The average Bonchev–Trinajstić information content (AvgIpc) is 2.69. The van der Waals surface area contributed by atoms with Crippen LogP contribution in [0.4, 0.5) is 0 Å². The van der Waals surface area contributed by atoms with E-state index < -0.39 is 0 Å². The Morgan fingerprint density at radius 3 is 2.93 bits per heavy atom. The molecule has 1 nitrogen and oxygen atoms in total. The first-order valence-corrected chi connectivity index (χ1v) is 6.23. The van der Waals surface area contributed by atoms with Crippen LogP contribution in [0.25, 0.3) is 0 Å². The number of aryl methyl sites for hydroxylation is 1. The molecule has 0 aliphatic heterocycles. The Balaban J connectivity index is 2.47. The van der Waals surface area contributed by atoms with Crippen LogP contribution in [0.1, 0.15) is 43.0 Å². The van der Waals surface area contributed by atoms with Gasteiger partial charge >= 0.3 is 0 Å². The van der Waals surface area contributed by atoms with Crippen LogP contribution in [0.15, 0.2) is 11.4 Å². The third-order valence-electron chi connectivity index (χ3n) is 2.28. The number of thiophene rings is 1. The van der Waals surface area contributed by atoms with Gasteiger partial charge in [0.2, 0.25) is 0 Å². The molecule has 0 radical (unpaired) electrons. The normalized spacial score (nSPS) is 9.07. The maximum Gasteiger partial charge on any atom is 0.152 e. The summed E-state index contributed by atoms with van der Waals surface area (Å²) in [4.78, 5) is 1.06. The van der Waals surface area contributed by atoms with Gasteiger partial charge in [0.05, 0.1) is 4.88 Å². The molecule has 0 fully saturated rings. The highest BCUT2D eigenvalue weighted by atomic mass is 32.1. The number of hydrogen-bond acceptors (Lipinski definition) is 2.